The van der Waals surface area contributed by atoms with Gasteiger partial charge in [-0.1, -0.05) is 41.1 Å². The largest absolute Gasteiger partial charge is 0.465 e. The molecular weight excluding hydrogens is 380 g/mol. The van der Waals surface area contributed by atoms with Gasteiger partial charge in [0.15, 0.2) is 5.13 Å². The Hall–Kier alpha value is -2.89. The SMILES string of the molecule is Cc1c(Cl)cccc1N(C(=O)C=Cc1ccco1)c1nc2ccccc2s1. The number of nitrogens with zero attached hydrogens (tertiary/aromatic N) is 2. The Morgan fingerprint density at radius 2 is 2.00 bits per heavy atom. The molecule has 1 amide bonds. The number of halogens is 1. The number of thiazole rings is 1. The Morgan fingerprint density at radius 1 is 1.15 bits per heavy atom. The van der Waals surface area contributed by atoms with Crippen LogP contribution in [0.15, 0.2) is 71.4 Å². The number of hydrogen-bond acceptors (Lipinski definition) is 4. The highest BCUT2D eigenvalue weighted by molar-refractivity contribution is 7.22. The summed E-state index contributed by atoms with van der Waals surface area (Å²) in [6.45, 7) is 1.89. The first-order valence-corrected chi connectivity index (χ1v) is 9.49. The number of hydrogen-bond donors (Lipinski definition) is 0. The van der Waals surface area contributed by atoms with Gasteiger partial charge in [-0.15, -0.1) is 0 Å². The van der Waals surface area contributed by atoms with Gasteiger partial charge in [0.05, 0.1) is 22.2 Å². The van der Waals surface area contributed by atoms with Crippen molar-refractivity contribution in [3.63, 3.8) is 0 Å². The van der Waals surface area contributed by atoms with Gasteiger partial charge in [0.1, 0.15) is 5.76 Å². The zero-order valence-electron chi connectivity index (χ0n) is 14.4. The fourth-order valence-electron chi connectivity index (χ4n) is 2.72. The molecule has 0 aliphatic heterocycles. The Morgan fingerprint density at radius 3 is 2.78 bits per heavy atom. The normalized spacial score (nSPS) is 11.3. The third-order valence-electron chi connectivity index (χ3n) is 4.11. The Balaban J connectivity index is 1.81. The molecule has 0 fully saturated rings. The fourth-order valence-corrected chi connectivity index (χ4v) is 3.88. The summed E-state index contributed by atoms with van der Waals surface area (Å²) in [6.07, 6.45) is 4.68. The molecule has 0 unspecified atom stereocenters. The standard InChI is InChI=1S/C21H15ClN2O2S/c1-14-16(22)7-4-9-18(14)24(20(25)12-11-15-6-5-13-26-15)21-23-17-8-2-3-10-19(17)27-21/h2-13H,1H3. The van der Waals surface area contributed by atoms with E-state index in [1.54, 1.807) is 35.4 Å². The van der Waals surface area contributed by atoms with Crippen LogP contribution in [0.3, 0.4) is 0 Å². The van der Waals surface area contributed by atoms with E-state index >= 15 is 0 Å². The number of para-hydroxylation sites is 1. The summed E-state index contributed by atoms with van der Waals surface area (Å²) in [4.78, 5) is 19.3. The lowest BCUT2D eigenvalue weighted by Gasteiger charge is -2.21. The van der Waals surface area contributed by atoms with Crippen molar-refractivity contribution in [3.8, 4) is 0 Å². The lowest BCUT2D eigenvalue weighted by molar-refractivity contribution is -0.113. The molecule has 0 atom stereocenters. The minimum atomic E-state index is -0.226. The maximum absolute atomic E-state index is 13.1. The average molecular weight is 395 g/mol. The summed E-state index contributed by atoms with van der Waals surface area (Å²) in [5.74, 6) is 0.381. The average Bonchev–Trinajstić information content (AvgIpc) is 3.33. The van der Waals surface area contributed by atoms with Gasteiger partial charge < -0.3 is 4.42 Å². The molecule has 0 bridgehead atoms. The van der Waals surface area contributed by atoms with Crippen LogP contribution in [0.2, 0.25) is 5.02 Å². The highest BCUT2D eigenvalue weighted by Crippen LogP contribution is 2.36. The van der Waals surface area contributed by atoms with E-state index in [0.29, 0.717) is 21.6 Å². The van der Waals surface area contributed by atoms with Crippen molar-refractivity contribution in [1.82, 2.24) is 4.98 Å². The lowest BCUT2D eigenvalue weighted by Crippen LogP contribution is -2.24. The van der Waals surface area contributed by atoms with Crippen LogP contribution in [0.1, 0.15) is 11.3 Å². The molecule has 27 heavy (non-hydrogen) atoms. The highest BCUT2D eigenvalue weighted by atomic mass is 35.5. The summed E-state index contributed by atoms with van der Waals surface area (Å²) >= 11 is 7.76. The Bertz CT molecular complexity index is 1100. The van der Waals surface area contributed by atoms with Gasteiger partial charge in [-0.2, -0.15) is 0 Å². The summed E-state index contributed by atoms with van der Waals surface area (Å²) in [7, 11) is 0. The molecule has 4 rings (SSSR count). The van der Waals surface area contributed by atoms with E-state index in [0.717, 1.165) is 15.8 Å². The molecule has 4 nitrogen and oxygen atoms in total. The van der Waals surface area contributed by atoms with Gasteiger partial charge in [-0.25, -0.2) is 4.98 Å². The molecule has 0 radical (unpaired) electrons. The summed E-state index contributed by atoms with van der Waals surface area (Å²) in [5.41, 5.74) is 2.37. The van der Waals surface area contributed by atoms with Crippen LogP contribution in [0.25, 0.3) is 16.3 Å². The monoisotopic (exact) mass is 394 g/mol. The van der Waals surface area contributed by atoms with Crippen LogP contribution >= 0.6 is 22.9 Å². The van der Waals surface area contributed by atoms with Gasteiger partial charge in [0.2, 0.25) is 0 Å². The number of fused-ring (bicyclic) bond motifs is 1. The molecule has 0 aliphatic rings. The van der Waals surface area contributed by atoms with Crippen molar-refractivity contribution in [2.75, 3.05) is 4.90 Å². The first-order valence-electron chi connectivity index (χ1n) is 8.30. The molecule has 2 heterocycles. The maximum Gasteiger partial charge on any atom is 0.257 e. The third-order valence-corrected chi connectivity index (χ3v) is 5.54. The first-order chi connectivity index (χ1) is 13.1. The predicted octanol–water partition coefficient (Wildman–Crippen LogP) is 6.23. The predicted molar refractivity (Wildman–Crippen MR) is 111 cm³/mol. The van der Waals surface area contributed by atoms with E-state index in [9.17, 15) is 4.79 Å². The second-order valence-corrected chi connectivity index (χ2v) is 7.29. The van der Waals surface area contributed by atoms with E-state index < -0.39 is 0 Å². The molecule has 0 aliphatic carbocycles. The third kappa shape index (κ3) is 3.52. The lowest BCUT2D eigenvalue weighted by atomic mass is 10.2. The molecule has 0 spiro atoms. The van der Waals surface area contributed by atoms with Gasteiger partial charge in [-0.3, -0.25) is 9.69 Å². The van der Waals surface area contributed by atoms with E-state index in [4.69, 9.17) is 16.0 Å². The number of carbonyl (C=O) groups is 1. The topological polar surface area (TPSA) is 46.3 Å². The van der Waals surface area contributed by atoms with Crippen molar-refractivity contribution in [1.29, 1.82) is 0 Å². The fraction of sp³-hybridized carbons (Fsp3) is 0.0476. The number of carbonyl (C=O) groups excluding carboxylic acids is 1. The van der Waals surface area contributed by atoms with E-state index in [1.165, 1.54) is 17.4 Å². The first kappa shape index (κ1) is 17.5. The van der Waals surface area contributed by atoms with Crippen LogP contribution in [0, 0.1) is 6.92 Å². The number of amides is 1. The highest BCUT2D eigenvalue weighted by Gasteiger charge is 2.22. The molecule has 0 saturated heterocycles. The van der Waals surface area contributed by atoms with Crippen molar-refractivity contribution >= 4 is 56.0 Å². The number of benzene rings is 2. The molecule has 134 valence electrons. The van der Waals surface area contributed by atoms with Gasteiger partial charge in [0, 0.05) is 11.1 Å². The minimum Gasteiger partial charge on any atom is -0.465 e. The van der Waals surface area contributed by atoms with E-state index in [-0.39, 0.29) is 5.91 Å². The van der Waals surface area contributed by atoms with Crippen molar-refractivity contribution in [3.05, 3.63) is 83.3 Å². The van der Waals surface area contributed by atoms with Crippen LogP contribution in [-0.2, 0) is 4.79 Å². The van der Waals surface area contributed by atoms with Crippen LogP contribution < -0.4 is 4.90 Å². The number of furan rings is 1. The van der Waals surface area contributed by atoms with Crippen molar-refractivity contribution in [2.45, 2.75) is 6.92 Å². The summed E-state index contributed by atoms with van der Waals surface area (Å²) in [6, 6.07) is 16.9. The van der Waals surface area contributed by atoms with Crippen LogP contribution in [0.5, 0.6) is 0 Å². The van der Waals surface area contributed by atoms with E-state index in [2.05, 4.69) is 4.98 Å². The number of anilines is 2. The Labute approximate surface area is 165 Å². The quantitative estimate of drug-likeness (QED) is 0.385. The summed E-state index contributed by atoms with van der Waals surface area (Å²) in [5, 5.41) is 1.19. The number of aromatic nitrogens is 1. The van der Waals surface area contributed by atoms with Gasteiger partial charge in [0.25, 0.3) is 5.91 Å². The Kier molecular flexibility index (Phi) is 4.79. The maximum atomic E-state index is 13.1. The van der Waals surface area contributed by atoms with Gasteiger partial charge in [-0.05, 0) is 55.0 Å². The minimum absolute atomic E-state index is 0.226. The van der Waals surface area contributed by atoms with Crippen LogP contribution in [0.4, 0.5) is 10.8 Å². The molecule has 2 aromatic carbocycles. The molecule has 4 aromatic rings. The number of rotatable bonds is 4. The van der Waals surface area contributed by atoms with Crippen LogP contribution in [-0.4, -0.2) is 10.9 Å². The molecule has 0 N–H and O–H groups in total. The zero-order valence-corrected chi connectivity index (χ0v) is 16.0. The smallest absolute Gasteiger partial charge is 0.257 e. The molecular formula is C21H15ClN2O2S. The van der Waals surface area contributed by atoms with Crippen molar-refractivity contribution in [2.24, 2.45) is 0 Å². The van der Waals surface area contributed by atoms with E-state index in [1.807, 2.05) is 43.3 Å². The van der Waals surface area contributed by atoms with Gasteiger partial charge >= 0.3 is 0 Å². The second-order valence-electron chi connectivity index (χ2n) is 5.87. The zero-order chi connectivity index (χ0) is 18.8. The molecule has 2 aromatic heterocycles. The second kappa shape index (κ2) is 7.39. The van der Waals surface area contributed by atoms with Crippen molar-refractivity contribution < 1.29 is 9.21 Å². The summed E-state index contributed by atoms with van der Waals surface area (Å²) < 4.78 is 6.29. The molecule has 0 saturated carbocycles. The molecule has 6 heteroatoms.